The molecule has 98 valence electrons. The van der Waals surface area contributed by atoms with Crippen molar-refractivity contribution in [1.82, 2.24) is 0 Å². The van der Waals surface area contributed by atoms with Crippen molar-refractivity contribution in [3.05, 3.63) is 0 Å². The zero-order valence-corrected chi connectivity index (χ0v) is 12.1. The van der Waals surface area contributed by atoms with E-state index < -0.39 is 0 Å². The normalized spacial score (nSPS) is 13.1. The van der Waals surface area contributed by atoms with Crippen molar-refractivity contribution in [3.63, 3.8) is 0 Å². The Kier molecular flexibility index (Phi) is 7.30. The van der Waals surface area contributed by atoms with Gasteiger partial charge in [-0.05, 0) is 36.5 Å². The van der Waals surface area contributed by atoms with Crippen molar-refractivity contribution in [2.24, 2.45) is 10.8 Å². The first-order chi connectivity index (χ1) is 7.57. The first-order valence-electron chi connectivity index (χ1n) is 7.18. The molecule has 1 nitrogen and oxygen atoms in total. The Morgan fingerprint density at radius 2 is 0.938 bits per heavy atom. The standard InChI is InChI=1S/C15H32O/c1-6-14(7-2,8-3)11-12-15(9-4,10-5)13-16/h16H,6-13H2,1-5H3. The minimum absolute atomic E-state index is 0.185. The summed E-state index contributed by atoms with van der Waals surface area (Å²) in [6.45, 7) is 11.7. The summed E-state index contributed by atoms with van der Waals surface area (Å²) in [4.78, 5) is 0. The summed E-state index contributed by atoms with van der Waals surface area (Å²) in [5.74, 6) is 0. The van der Waals surface area contributed by atoms with Gasteiger partial charge in [-0.15, -0.1) is 0 Å². The van der Waals surface area contributed by atoms with Crippen molar-refractivity contribution in [3.8, 4) is 0 Å². The maximum absolute atomic E-state index is 9.59. The summed E-state index contributed by atoms with van der Waals surface area (Å²) in [6, 6.07) is 0. The fourth-order valence-electron chi connectivity index (χ4n) is 2.72. The van der Waals surface area contributed by atoms with Crippen molar-refractivity contribution >= 4 is 0 Å². The van der Waals surface area contributed by atoms with Crippen LogP contribution in [0.15, 0.2) is 0 Å². The van der Waals surface area contributed by atoms with Gasteiger partial charge in [-0.1, -0.05) is 53.9 Å². The number of hydrogen-bond acceptors (Lipinski definition) is 1. The molecule has 0 bridgehead atoms. The lowest BCUT2D eigenvalue weighted by Crippen LogP contribution is -2.28. The third kappa shape index (κ3) is 3.76. The van der Waals surface area contributed by atoms with E-state index in [1.165, 1.54) is 32.1 Å². The monoisotopic (exact) mass is 228 g/mol. The summed E-state index contributed by atoms with van der Waals surface area (Å²) < 4.78 is 0. The van der Waals surface area contributed by atoms with Crippen LogP contribution in [0.25, 0.3) is 0 Å². The second-order valence-corrected chi connectivity index (χ2v) is 5.43. The fraction of sp³-hybridized carbons (Fsp3) is 1.00. The SMILES string of the molecule is CCC(CC)(CC)CCC(CC)(CC)CO. The van der Waals surface area contributed by atoms with Crippen LogP contribution in [0.4, 0.5) is 0 Å². The van der Waals surface area contributed by atoms with E-state index in [0.29, 0.717) is 12.0 Å². The van der Waals surface area contributed by atoms with E-state index in [-0.39, 0.29) is 5.41 Å². The Bertz CT molecular complexity index is 130. The zero-order chi connectivity index (χ0) is 12.7. The molecule has 0 aliphatic rings. The van der Waals surface area contributed by atoms with Gasteiger partial charge in [0, 0.05) is 6.61 Å². The highest BCUT2D eigenvalue weighted by atomic mass is 16.3. The molecule has 0 heterocycles. The molecule has 0 fully saturated rings. The third-order valence-electron chi connectivity index (χ3n) is 5.27. The predicted octanol–water partition coefficient (Wildman–Crippen LogP) is 4.78. The summed E-state index contributed by atoms with van der Waals surface area (Å²) in [5, 5.41) is 9.59. The van der Waals surface area contributed by atoms with Crippen LogP contribution < -0.4 is 0 Å². The smallest absolute Gasteiger partial charge is 0.0487 e. The summed E-state index contributed by atoms with van der Waals surface area (Å²) in [6.07, 6.45) is 8.49. The van der Waals surface area contributed by atoms with Crippen LogP contribution in [0.3, 0.4) is 0 Å². The van der Waals surface area contributed by atoms with Crippen LogP contribution in [0.1, 0.15) is 79.6 Å². The molecule has 0 saturated carbocycles. The largest absolute Gasteiger partial charge is 0.396 e. The van der Waals surface area contributed by atoms with Gasteiger partial charge in [0.05, 0.1) is 0 Å². The molecule has 0 aliphatic carbocycles. The molecule has 0 atom stereocenters. The lowest BCUT2D eigenvalue weighted by atomic mass is 9.69. The molecule has 0 spiro atoms. The first kappa shape index (κ1) is 16.0. The molecular formula is C15H32O. The van der Waals surface area contributed by atoms with E-state index in [9.17, 15) is 5.11 Å². The van der Waals surface area contributed by atoms with Crippen LogP contribution in [0.2, 0.25) is 0 Å². The Balaban J connectivity index is 4.48. The molecule has 0 unspecified atom stereocenters. The number of hydrogen-bond donors (Lipinski definition) is 1. The Morgan fingerprint density at radius 1 is 0.625 bits per heavy atom. The van der Waals surface area contributed by atoms with Gasteiger partial charge in [-0.2, -0.15) is 0 Å². The van der Waals surface area contributed by atoms with Crippen molar-refractivity contribution in [2.75, 3.05) is 6.61 Å². The molecular weight excluding hydrogens is 196 g/mol. The molecule has 0 radical (unpaired) electrons. The highest BCUT2D eigenvalue weighted by Crippen LogP contribution is 2.41. The van der Waals surface area contributed by atoms with Gasteiger partial charge < -0.3 is 5.11 Å². The summed E-state index contributed by atoms with van der Waals surface area (Å²) >= 11 is 0. The molecule has 0 saturated heterocycles. The number of aliphatic hydroxyl groups excluding tert-OH is 1. The van der Waals surface area contributed by atoms with E-state index in [1.807, 2.05) is 0 Å². The van der Waals surface area contributed by atoms with Crippen LogP contribution >= 0.6 is 0 Å². The molecule has 0 aromatic heterocycles. The third-order valence-corrected chi connectivity index (χ3v) is 5.27. The van der Waals surface area contributed by atoms with Crippen molar-refractivity contribution in [2.45, 2.75) is 79.6 Å². The van der Waals surface area contributed by atoms with Crippen LogP contribution in [-0.4, -0.2) is 11.7 Å². The average Bonchev–Trinajstić information content (AvgIpc) is 2.37. The number of rotatable bonds is 9. The second kappa shape index (κ2) is 7.32. The van der Waals surface area contributed by atoms with Crippen LogP contribution in [0.5, 0.6) is 0 Å². The molecule has 0 aromatic rings. The first-order valence-corrected chi connectivity index (χ1v) is 7.18. The van der Waals surface area contributed by atoms with Crippen molar-refractivity contribution < 1.29 is 5.11 Å². The predicted molar refractivity (Wildman–Crippen MR) is 72.6 cm³/mol. The molecule has 0 aliphatic heterocycles. The topological polar surface area (TPSA) is 20.2 Å². The van der Waals surface area contributed by atoms with Gasteiger partial charge in [0.25, 0.3) is 0 Å². The van der Waals surface area contributed by atoms with E-state index in [0.717, 1.165) is 12.8 Å². The summed E-state index contributed by atoms with van der Waals surface area (Å²) in [5.41, 5.74) is 0.704. The molecule has 0 rings (SSSR count). The number of aliphatic hydroxyl groups is 1. The van der Waals surface area contributed by atoms with Gasteiger partial charge >= 0.3 is 0 Å². The highest BCUT2D eigenvalue weighted by molar-refractivity contribution is 4.82. The minimum Gasteiger partial charge on any atom is -0.396 e. The van der Waals surface area contributed by atoms with E-state index >= 15 is 0 Å². The van der Waals surface area contributed by atoms with E-state index in [4.69, 9.17) is 0 Å². The lowest BCUT2D eigenvalue weighted by molar-refractivity contribution is 0.0792. The van der Waals surface area contributed by atoms with Gasteiger partial charge in [0.1, 0.15) is 0 Å². The van der Waals surface area contributed by atoms with Gasteiger partial charge in [0.15, 0.2) is 0 Å². The molecule has 1 N–H and O–H groups in total. The van der Waals surface area contributed by atoms with Crippen LogP contribution in [-0.2, 0) is 0 Å². The average molecular weight is 228 g/mol. The van der Waals surface area contributed by atoms with Gasteiger partial charge in [-0.25, -0.2) is 0 Å². The van der Waals surface area contributed by atoms with Gasteiger partial charge in [0.2, 0.25) is 0 Å². The molecule has 0 amide bonds. The molecule has 1 heteroatoms. The lowest BCUT2D eigenvalue weighted by Gasteiger charge is -2.37. The molecule has 16 heavy (non-hydrogen) atoms. The minimum atomic E-state index is 0.185. The second-order valence-electron chi connectivity index (χ2n) is 5.43. The quantitative estimate of drug-likeness (QED) is 0.602. The Morgan fingerprint density at radius 3 is 1.19 bits per heavy atom. The van der Waals surface area contributed by atoms with Crippen LogP contribution in [0, 0.1) is 10.8 Å². The summed E-state index contributed by atoms with van der Waals surface area (Å²) in [7, 11) is 0. The van der Waals surface area contributed by atoms with E-state index in [2.05, 4.69) is 34.6 Å². The zero-order valence-electron chi connectivity index (χ0n) is 12.1. The van der Waals surface area contributed by atoms with Gasteiger partial charge in [-0.3, -0.25) is 0 Å². The van der Waals surface area contributed by atoms with E-state index in [1.54, 1.807) is 0 Å². The highest BCUT2D eigenvalue weighted by Gasteiger charge is 2.30. The molecule has 0 aromatic carbocycles. The maximum atomic E-state index is 9.59. The Labute approximate surface area is 103 Å². The van der Waals surface area contributed by atoms with Crippen molar-refractivity contribution in [1.29, 1.82) is 0 Å². The maximum Gasteiger partial charge on any atom is 0.0487 e. The Hall–Kier alpha value is -0.0400. The fourth-order valence-corrected chi connectivity index (χ4v) is 2.72.